The molecule has 0 saturated heterocycles. The maximum Gasteiger partial charge on any atom is -0.0250 e. The van der Waals surface area contributed by atoms with Crippen LogP contribution in [0.5, 0.6) is 0 Å². The lowest BCUT2D eigenvalue weighted by atomic mass is 10.1. The highest BCUT2D eigenvalue weighted by atomic mass is 31.1. The smallest absolute Gasteiger partial charge is 0.0250 e. The highest BCUT2D eigenvalue weighted by molar-refractivity contribution is 7.41. The summed E-state index contributed by atoms with van der Waals surface area (Å²) in [7, 11) is 1.53. The molecule has 0 rings (SSSR count). The molecule has 0 N–H and O–H groups in total. The third-order valence-corrected chi connectivity index (χ3v) is 3.57. The van der Waals surface area contributed by atoms with Crippen LogP contribution in [0.2, 0.25) is 0 Å². The van der Waals surface area contributed by atoms with Gasteiger partial charge in [-0.1, -0.05) is 79.3 Å². The first-order chi connectivity index (χ1) is 7.41. The number of hydrogen-bond donors (Lipinski definition) is 0. The van der Waals surface area contributed by atoms with Gasteiger partial charge in [-0.05, 0) is 19.0 Å². The third-order valence-electron chi connectivity index (χ3n) is 2.58. The Bertz CT molecular complexity index is 129. The molecule has 89 valence electrons. The van der Waals surface area contributed by atoms with E-state index in [-0.39, 0.29) is 0 Å². The van der Waals surface area contributed by atoms with Crippen molar-refractivity contribution in [1.82, 2.24) is 0 Å². The van der Waals surface area contributed by atoms with Crippen LogP contribution in [0.15, 0.2) is 11.9 Å². The number of rotatable bonds is 11. The van der Waals surface area contributed by atoms with Crippen molar-refractivity contribution in [3.63, 3.8) is 0 Å². The summed E-state index contributed by atoms with van der Waals surface area (Å²) in [5.74, 6) is 2.35. The Morgan fingerprint density at radius 3 is 2.20 bits per heavy atom. The van der Waals surface area contributed by atoms with Crippen LogP contribution in [0.25, 0.3) is 0 Å². The average Bonchev–Trinajstić information content (AvgIpc) is 2.26. The van der Waals surface area contributed by atoms with E-state index in [2.05, 4.69) is 25.7 Å². The summed E-state index contributed by atoms with van der Waals surface area (Å²) in [5, 5.41) is 0. The van der Waals surface area contributed by atoms with E-state index >= 15 is 0 Å². The average molecular weight is 227 g/mol. The molecular weight excluding hydrogens is 199 g/mol. The van der Waals surface area contributed by atoms with E-state index in [0.29, 0.717) is 0 Å². The Morgan fingerprint density at radius 2 is 1.47 bits per heavy atom. The molecule has 15 heavy (non-hydrogen) atoms. The van der Waals surface area contributed by atoms with Crippen molar-refractivity contribution in [2.75, 3.05) is 6.16 Å². The molecule has 0 unspecified atom stereocenters. The van der Waals surface area contributed by atoms with Crippen LogP contribution in [0.3, 0.4) is 0 Å². The van der Waals surface area contributed by atoms with E-state index in [9.17, 15) is 0 Å². The van der Waals surface area contributed by atoms with Crippen LogP contribution < -0.4 is 0 Å². The second kappa shape index (κ2) is 14.2. The standard InChI is InChI=1S/C14H28P/c1-3-5-7-9-10-12-14-15-13-11-8-6-4-2/h11,13H,3-10,12,14H2,1-2H3/b13-11+. The molecule has 0 aromatic carbocycles. The summed E-state index contributed by atoms with van der Waals surface area (Å²) in [5.41, 5.74) is 0. The molecule has 0 fully saturated rings. The van der Waals surface area contributed by atoms with Gasteiger partial charge in [0.05, 0.1) is 0 Å². The van der Waals surface area contributed by atoms with Crippen molar-refractivity contribution in [1.29, 1.82) is 0 Å². The number of hydrogen-bond acceptors (Lipinski definition) is 0. The van der Waals surface area contributed by atoms with Gasteiger partial charge in [-0.2, -0.15) is 0 Å². The summed E-state index contributed by atoms with van der Waals surface area (Å²) < 4.78 is 0. The molecule has 0 aromatic rings. The minimum absolute atomic E-state index is 1.28. The Labute approximate surface area is 98.7 Å². The van der Waals surface area contributed by atoms with E-state index in [0.717, 1.165) is 0 Å². The Hall–Kier alpha value is 0.170. The van der Waals surface area contributed by atoms with Gasteiger partial charge >= 0.3 is 0 Å². The van der Waals surface area contributed by atoms with Gasteiger partial charge in [0.25, 0.3) is 0 Å². The maximum absolute atomic E-state index is 2.35. The normalized spacial score (nSPS) is 12.1. The Balaban J connectivity index is 2.95. The highest BCUT2D eigenvalue weighted by Crippen LogP contribution is 2.16. The molecule has 1 heteroatoms. The fourth-order valence-electron chi connectivity index (χ4n) is 1.53. The molecular formula is C14H28P. The van der Waals surface area contributed by atoms with E-state index in [4.69, 9.17) is 0 Å². The van der Waals surface area contributed by atoms with Crippen molar-refractivity contribution in [2.24, 2.45) is 0 Å². The molecule has 0 aromatic heterocycles. The molecule has 0 amide bonds. The van der Waals surface area contributed by atoms with Crippen molar-refractivity contribution in [2.45, 2.75) is 71.6 Å². The Kier molecular flexibility index (Phi) is 14.3. The lowest BCUT2D eigenvalue weighted by molar-refractivity contribution is 0.626. The zero-order valence-electron chi connectivity index (χ0n) is 10.7. The predicted octanol–water partition coefficient (Wildman–Crippen LogP) is 6.00. The molecule has 0 aliphatic carbocycles. The first-order valence-corrected chi connectivity index (χ1v) is 7.88. The van der Waals surface area contributed by atoms with E-state index in [1.165, 1.54) is 72.5 Å². The topological polar surface area (TPSA) is 0 Å². The molecule has 0 aliphatic rings. The molecule has 0 atom stereocenters. The largest absolute Gasteiger partial charge is 0.0837 e. The van der Waals surface area contributed by atoms with Gasteiger partial charge in [-0.15, -0.1) is 0 Å². The van der Waals surface area contributed by atoms with E-state index in [1.807, 2.05) is 0 Å². The molecule has 0 nitrogen and oxygen atoms in total. The van der Waals surface area contributed by atoms with Crippen LogP contribution >= 0.6 is 8.58 Å². The summed E-state index contributed by atoms with van der Waals surface area (Å²) in [6.45, 7) is 4.53. The molecule has 0 bridgehead atoms. The van der Waals surface area contributed by atoms with Gasteiger partial charge in [-0.3, -0.25) is 0 Å². The van der Waals surface area contributed by atoms with Crippen LogP contribution in [-0.4, -0.2) is 6.16 Å². The van der Waals surface area contributed by atoms with Gasteiger partial charge in [0.15, 0.2) is 0 Å². The number of allylic oxidation sites excluding steroid dienone is 1. The van der Waals surface area contributed by atoms with Crippen molar-refractivity contribution < 1.29 is 0 Å². The lowest BCUT2D eigenvalue weighted by Crippen LogP contribution is -1.79. The fourth-order valence-corrected chi connectivity index (χ4v) is 2.38. The molecule has 0 heterocycles. The SMILES string of the molecule is CCCC/C=C/[P]CCCCCCCC. The van der Waals surface area contributed by atoms with Crippen LogP contribution in [0.4, 0.5) is 0 Å². The number of unbranched alkanes of at least 4 members (excludes halogenated alkanes) is 7. The monoisotopic (exact) mass is 227 g/mol. The van der Waals surface area contributed by atoms with E-state index < -0.39 is 0 Å². The maximum atomic E-state index is 2.35. The van der Waals surface area contributed by atoms with Crippen molar-refractivity contribution in [3.8, 4) is 0 Å². The second-order valence-corrected chi connectivity index (χ2v) is 5.31. The minimum atomic E-state index is 1.28. The van der Waals surface area contributed by atoms with Crippen LogP contribution in [-0.2, 0) is 0 Å². The molecule has 0 spiro atoms. The van der Waals surface area contributed by atoms with Gasteiger partial charge in [-0.25, -0.2) is 0 Å². The summed E-state index contributed by atoms with van der Waals surface area (Å²) in [6, 6.07) is 0. The third kappa shape index (κ3) is 14.2. The Morgan fingerprint density at radius 1 is 0.800 bits per heavy atom. The van der Waals surface area contributed by atoms with Gasteiger partial charge in [0, 0.05) is 0 Å². The van der Waals surface area contributed by atoms with Gasteiger partial charge in [0.1, 0.15) is 0 Å². The van der Waals surface area contributed by atoms with E-state index in [1.54, 1.807) is 0 Å². The zero-order valence-corrected chi connectivity index (χ0v) is 11.6. The van der Waals surface area contributed by atoms with Crippen LogP contribution in [0.1, 0.15) is 71.6 Å². The molecule has 0 aliphatic heterocycles. The van der Waals surface area contributed by atoms with Crippen molar-refractivity contribution in [3.05, 3.63) is 11.9 Å². The van der Waals surface area contributed by atoms with Crippen molar-refractivity contribution >= 4 is 8.58 Å². The van der Waals surface area contributed by atoms with Gasteiger partial charge in [0.2, 0.25) is 0 Å². The quantitative estimate of drug-likeness (QED) is 0.300. The summed E-state index contributed by atoms with van der Waals surface area (Å²) in [4.78, 5) is 0. The lowest BCUT2D eigenvalue weighted by Gasteiger charge is -1.98. The summed E-state index contributed by atoms with van der Waals surface area (Å²) >= 11 is 0. The molecule has 1 radical (unpaired) electrons. The minimum Gasteiger partial charge on any atom is -0.0837 e. The predicted molar refractivity (Wildman–Crippen MR) is 73.8 cm³/mol. The first-order valence-electron chi connectivity index (χ1n) is 6.73. The van der Waals surface area contributed by atoms with Gasteiger partial charge < -0.3 is 0 Å². The second-order valence-electron chi connectivity index (χ2n) is 4.20. The first kappa shape index (κ1) is 15.2. The fraction of sp³-hybridized carbons (Fsp3) is 0.857. The zero-order chi connectivity index (χ0) is 11.2. The highest BCUT2D eigenvalue weighted by Gasteiger charge is 1.89. The van der Waals surface area contributed by atoms with Crippen LogP contribution in [0, 0.1) is 0 Å². The summed E-state index contributed by atoms with van der Waals surface area (Å²) in [6.07, 6.45) is 16.2. The molecule has 0 saturated carbocycles.